The lowest BCUT2D eigenvalue weighted by atomic mass is 10.0. The van der Waals surface area contributed by atoms with Crippen molar-refractivity contribution < 1.29 is 4.79 Å². The first kappa shape index (κ1) is 13.7. The Morgan fingerprint density at radius 3 is 2.53 bits per heavy atom. The highest BCUT2D eigenvalue weighted by Gasteiger charge is 2.14. The highest BCUT2D eigenvalue weighted by molar-refractivity contribution is 5.95. The average Bonchev–Trinajstić information content (AvgIpc) is 2.29. The van der Waals surface area contributed by atoms with Crippen LogP contribution in [0.4, 0.5) is 0 Å². The van der Waals surface area contributed by atoms with Gasteiger partial charge in [0, 0.05) is 11.6 Å². The number of nitrogens with one attached hydrogen (secondary N) is 1. The minimum Gasteiger partial charge on any atom is -0.349 e. The molecule has 3 nitrogen and oxygen atoms in total. The molecule has 17 heavy (non-hydrogen) atoms. The van der Waals surface area contributed by atoms with Gasteiger partial charge in [-0.1, -0.05) is 32.0 Å². The molecule has 0 radical (unpaired) electrons. The van der Waals surface area contributed by atoms with Crippen molar-refractivity contribution in [3.8, 4) is 0 Å². The van der Waals surface area contributed by atoms with E-state index in [1.807, 2.05) is 31.2 Å². The van der Waals surface area contributed by atoms with Gasteiger partial charge < -0.3 is 11.1 Å². The molecular weight excluding hydrogens is 212 g/mol. The Labute approximate surface area is 103 Å². The Kier molecular flexibility index (Phi) is 5.16. The molecule has 0 heterocycles. The first-order valence-electron chi connectivity index (χ1n) is 6.15. The number of amides is 1. The lowest BCUT2D eigenvalue weighted by molar-refractivity contribution is 0.0929. The van der Waals surface area contributed by atoms with Crippen LogP contribution in [0.2, 0.25) is 0 Å². The van der Waals surface area contributed by atoms with Gasteiger partial charge >= 0.3 is 0 Å². The smallest absolute Gasteiger partial charge is 0.251 e. The summed E-state index contributed by atoms with van der Waals surface area (Å²) in [6, 6.07) is 7.81. The zero-order chi connectivity index (χ0) is 12.8. The van der Waals surface area contributed by atoms with Gasteiger partial charge in [0.2, 0.25) is 0 Å². The molecular formula is C14H22N2O. The van der Waals surface area contributed by atoms with Crippen molar-refractivity contribution in [2.45, 2.75) is 33.2 Å². The van der Waals surface area contributed by atoms with Crippen LogP contribution >= 0.6 is 0 Å². The molecule has 0 bridgehead atoms. The lowest BCUT2D eigenvalue weighted by Gasteiger charge is -2.18. The molecule has 1 rings (SSSR count). The Balaban J connectivity index is 2.81. The second-order valence-electron chi connectivity index (χ2n) is 4.70. The van der Waals surface area contributed by atoms with Gasteiger partial charge in [-0.05, 0) is 37.4 Å². The fraction of sp³-hybridized carbons (Fsp3) is 0.500. The molecule has 3 heteroatoms. The number of benzene rings is 1. The highest BCUT2D eigenvalue weighted by atomic mass is 16.1. The van der Waals surface area contributed by atoms with E-state index in [1.165, 1.54) is 0 Å². The van der Waals surface area contributed by atoms with Crippen LogP contribution in [0.15, 0.2) is 24.3 Å². The van der Waals surface area contributed by atoms with E-state index < -0.39 is 0 Å². The van der Waals surface area contributed by atoms with Gasteiger partial charge in [-0.3, -0.25) is 4.79 Å². The summed E-state index contributed by atoms with van der Waals surface area (Å²) in [5.41, 5.74) is 7.31. The first-order chi connectivity index (χ1) is 8.06. The third-order valence-electron chi connectivity index (χ3n) is 3.03. The highest BCUT2D eigenvalue weighted by Crippen LogP contribution is 2.10. The summed E-state index contributed by atoms with van der Waals surface area (Å²) in [6.07, 6.45) is 0.736. The molecule has 0 aromatic heterocycles. The number of hydrogen-bond donors (Lipinski definition) is 2. The summed E-state index contributed by atoms with van der Waals surface area (Å²) in [6.45, 7) is 6.77. The number of carbonyl (C=O) groups is 1. The Morgan fingerprint density at radius 2 is 1.94 bits per heavy atom. The lowest BCUT2D eigenvalue weighted by Crippen LogP contribution is -2.36. The quantitative estimate of drug-likeness (QED) is 0.818. The van der Waals surface area contributed by atoms with E-state index in [9.17, 15) is 4.79 Å². The Hall–Kier alpha value is -1.35. The normalized spacial score (nSPS) is 12.5. The Bertz CT molecular complexity index is 374. The minimum atomic E-state index is -0.00440. The molecule has 1 aromatic rings. The molecule has 1 atom stereocenters. The number of nitrogens with two attached hydrogens (primary N) is 1. The standard InChI is InChI=1S/C14H22N2O/c1-10(2)11(3)16-14(17)13-7-5-4-6-12(13)8-9-15/h4-7,10-11H,8-9,15H2,1-3H3,(H,16,17). The number of rotatable bonds is 5. The molecule has 0 aliphatic heterocycles. The van der Waals surface area contributed by atoms with Gasteiger partial charge in [0.25, 0.3) is 5.91 Å². The van der Waals surface area contributed by atoms with Crippen molar-refractivity contribution in [1.29, 1.82) is 0 Å². The van der Waals surface area contributed by atoms with Gasteiger partial charge in [0.05, 0.1) is 0 Å². The molecule has 0 aliphatic rings. The van der Waals surface area contributed by atoms with Crippen LogP contribution in [0.25, 0.3) is 0 Å². The summed E-state index contributed by atoms with van der Waals surface area (Å²) in [5.74, 6) is 0.427. The average molecular weight is 234 g/mol. The van der Waals surface area contributed by atoms with Gasteiger partial charge in [-0.25, -0.2) is 0 Å². The third-order valence-corrected chi connectivity index (χ3v) is 3.03. The fourth-order valence-electron chi connectivity index (χ4n) is 1.57. The van der Waals surface area contributed by atoms with Crippen molar-refractivity contribution in [1.82, 2.24) is 5.32 Å². The molecule has 3 N–H and O–H groups in total. The third kappa shape index (κ3) is 3.86. The molecule has 0 aliphatic carbocycles. The van der Waals surface area contributed by atoms with Crippen LogP contribution in [-0.2, 0) is 6.42 Å². The van der Waals surface area contributed by atoms with Crippen molar-refractivity contribution in [2.75, 3.05) is 6.54 Å². The van der Waals surface area contributed by atoms with E-state index >= 15 is 0 Å². The predicted molar refractivity (Wildman–Crippen MR) is 71.0 cm³/mol. The van der Waals surface area contributed by atoms with Gasteiger partial charge in [0.1, 0.15) is 0 Å². The summed E-state index contributed by atoms with van der Waals surface area (Å²) in [7, 11) is 0. The minimum absolute atomic E-state index is 0.00440. The largest absolute Gasteiger partial charge is 0.349 e. The Morgan fingerprint density at radius 1 is 1.29 bits per heavy atom. The molecule has 1 amide bonds. The molecule has 0 fully saturated rings. The molecule has 94 valence electrons. The molecule has 0 saturated heterocycles. The van der Waals surface area contributed by atoms with Crippen LogP contribution in [0.1, 0.15) is 36.7 Å². The van der Waals surface area contributed by atoms with E-state index in [4.69, 9.17) is 5.73 Å². The first-order valence-corrected chi connectivity index (χ1v) is 6.15. The van der Waals surface area contributed by atoms with Crippen LogP contribution in [0, 0.1) is 5.92 Å². The van der Waals surface area contributed by atoms with Crippen LogP contribution in [0.3, 0.4) is 0 Å². The summed E-state index contributed by atoms with van der Waals surface area (Å²) in [4.78, 5) is 12.1. The molecule has 0 saturated carbocycles. The SMILES string of the molecule is CC(C)C(C)NC(=O)c1ccccc1CCN. The van der Waals surface area contributed by atoms with Crippen molar-refractivity contribution in [3.63, 3.8) is 0 Å². The van der Waals surface area contributed by atoms with E-state index in [-0.39, 0.29) is 11.9 Å². The van der Waals surface area contributed by atoms with Crippen LogP contribution in [0.5, 0.6) is 0 Å². The van der Waals surface area contributed by atoms with E-state index in [0.29, 0.717) is 12.5 Å². The van der Waals surface area contributed by atoms with Gasteiger partial charge in [-0.2, -0.15) is 0 Å². The maximum atomic E-state index is 12.1. The zero-order valence-corrected chi connectivity index (χ0v) is 10.9. The zero-order valence-electron chi connectivity index (χ0n) is 10.9. The maximum Gasteiger partial charge on any atom is 0.251 e. The fourth-order valence-corrected chi connectivity index (χ4v) is 1.57. The van der Waals surface area contributed by atoms with E-state index in [1.54, 1.807) is 0 Å². The number of hydrogen-bond acceptors (Lipinski definition) is 2. The summed E-state index contributed by atoms with van der Waals surface area (Å²) < 4.78 is 0. The van der Waals surface area contributed by atoms with Crippen molar-refractivity contribution in [2.24, 2.45) is 11.7 Å². The van der Waals surface area contributed by atoms with Crippen molar-refractivity contribution in [3.05, 3.63) is 35.4 Å². The maximum absolute atomic E-state index is 12.1. The monoisotopic (exact) mass is 234 g/mol. The summed E-state index contributed by atoms with van der Waals surface area (Å²) >= 11 is 0. The summed E-state index contributed by atoms with van der Waals surface area (Å²) in [5, 5.41) is 3.01. The van der Waals surface area contributed by atoms with Crippen LogP contribution < -0.4 is 11.1 Å². The predicted octanol–water partition coefficient (Wildman–Crippen LogP) is 1.96. The number of carbonyl (C=O) groups excluding carboxylic acids is 1. The molecule has 0 spiro atoms. The van der Waals surface area contributed by atoms with Crippen LogP contribution in [-0.4, -0.2) is 18.5 Å². The molecule has 1 unspecified atom stereocenters. The topological polar surface area (TPSA) is 55.1 Å². The van der Waals surface area contributed by atoms with Gasteiger partial charge in [-0.15, -0.1) is 0 Å². The van der Waals surface area contributed by atoms with Gasteiger partial charge in [0.15, 0.2) is 0 Å². The second-order valence-corrected chi connectivity index (χ2v) is 4.70. The van der Waals surface area contributed by atoms with E-state index in [0.717, 1.165) is 17.5 Å². The molecule has 1 aromatic carbocycles. The second kappa shape index (κ2) is 6.40. The van der Waals surface area contributed by atoms with E-state index in [2.05, 4.69) is 19.2 Å². The van der Waals surface area contributed by atoms with Crippen molar-refractivity contribution >= 4 is 5.91 Å².